The minimum atomic E-state index is -0.657. The first kappa shape index (κ1) is 18.2. The molecule has 0 aliphatic heterocycles. The topological polar surface area (TPSA) is 86.0 Å². The van der Waals surface area contributed by atoms with E-state index in [1.165, 1.54) is 20.3 Å². The van der Waals surface area contributed by atoms with Crippen LogP contribution in [0.15, 0.2) is 44.0 Å². The van der Waals surface area contributed by atoms with Crippen molar-refractivity contribution in [2.45, 2.75) is 18.9 Å². The van der Waals surface area contributed by atoms with Crippen LogP contribution >= 0.6 is 15.9 Å². The van der Waals surface area contributed by atoms with Gasteiger partial charge in [0.25, 0.3) is 0 Å². The lowest BCUT2D eigenvalue weighted by Crippen LogP contribution is -2.14. The molecular weight excluding hydrogens is 380 g/mol. The summed E-state index contributed by atoms with van der Waals surface area (Å²) < 4.78 is 16.2. The van der Waals surface area contributed by atoms with Crippen LogP contribution in [0.5, 0.6) is 5.75 Å². The zero-order chi connectivity index (χ0) is 17.7. The monoisotopic (exact) mass is 396 g/mol. The van der Waals surface area contributed by atoms with Gasteiger partial charge in [-0.2, -0.15) is 0 Å². The average Bonchev–Trinajstić information content (AvgIpc) is 2.57. The highest BCUT2D eigenvalue weighted by molar-refractivity contribution is 9.10. The molecule has 1 aromatic heterocycles. The van der Waals surface area contributed by atoms with Gasteiger partial charge in [-0.15, -0.1) is 0 Å². The fraction of sp³-hybridized carbons (Fsp3) is 0.294. The lowest BCUT2D eigenvalue weighted by Gasteiger charge is -2.17. The Bertz CT molecular complexity index is 766. The maximum Gasteiger partial charge on any atom is 0.306 e. The van der Waals surface area contributed by atoms with Gasteiger partial charge in [-0.3, -0.25) is 9.59 Å². The molecule has 2 aromatic rings. The molecule has 0 fully saturated rings. The van der Waals surface area contributed by atoms with Crippen LogP contribution in [0.1, 0.15) is 29.4 Å². The molecular formula is C17H17BrO6. The molecule has 128 valence electrons. The van der Waals surface area contributed by atoms with Crippen LogP contribution in [-0.4, -0.2) is 25.3 Å². The number of halogens is 1. The zero-order valence-electron chi connectivity index (χ0n) is 13.2. The van der Waals surface area contributed by atoms with Gasteiger partial charge in [-0.25, -0.2) is 0 Å². The van der Waals surface area contributed by atoms with Crippen molar-refractivity contribution in [3.05, 3.63) is 62.1 Å². The van der Waals surface area contributed by atoms with Gasteiger partial charge >= 0.3 is 5.97 Å². The van der Waals surface area contributed by atoms with Crippen LogP contribution in [0.3, 0.4) is 0 Å². The van der Waals surface area contributed by atoms with Crippen LogP contribution in [0.25, 0.3) is 0 Å². The van der Waals surface area contributed by atoms with Crippen molar-refractivity contribution in [1.82, 2.24) is 0 Å². The van der Waals surface area contributed by atoms with E-state index in [4.69, 9.17) is 13.9 Å². The molecule has 24 heavy (non-hydrogen) atoms. The fourth-order valence-corrected chi connectivity index (χ4v) is 2.58. The van der Waals surface area contributed by atoms with Crippen molar-refractivity contribution in [3.63, 3.8) is 0 Å². The maximum absolute atomic E-state index is 12.0. The normalized spacial score (nSPS) is 12.0. The molecule has 1 unspecified atom stereocenters. The van der Waals surface area contributed by atoms with E-state index in [1.807, 2.05) is 0 Å². The summed E-state index contributed by atoms with van der Waals surface area (Å²) in [5.74, 6) is -1.38. The number of methoxy groups -OCH3 is 2. The van der Waals surface area contributed by atoms with Gasteiger partial charge in [-0.05, 0) is 17.7 Å². The molecule has 0 aliphatic carbocycles. The van der Waals surface area contributed by atoms with E-state index < -0.39 is 23.1 Å². The first-order chi connectivity index (χ1) is 11.5. The second-order valence-electron chi connectivity index (χ2n) is 5.11. The zero-order valence-corrected chi connectivity index (χ0v) is 14.8. The molecule has 0 bridgehead atoms. The van der Waals surface area contributed by atoms with Crippen molar-refractivity contribution in [2.75, 3.05) is 14.2 Å². The molecule has 1 N–H and O–H groups in total. The van der Waals surface area contributed by atoms with Crippen molar-refractivity contribution < 1.29 is 23.8 Å². The summed E-state index contributed by atoms with van der Waals surface area (Å²) in [4.78, 5) is 23.8. The van der Waals surface area contributed by atoms with Crippen molar-refractivity contribution in [2.24, 2.45) is 0 Å². The Morgan fingerprint density at radius 3 is 2.54 bits per heavy atom. The second-order valence-corrected chi connectivity index (χ2v) is 6.02. The molecule has 0 saturated carbocycles. The number of hydrogen-bond acceptors (Lipinski definition) is 6. The Morgan fingerprint density at radius 1 is 1.29 bits per heavy atom. The molecule has 1 atom stereocenters. The van der Waals surface area contributed by atoms with Gasteiger partial charge in [0, 0.05) is 17.6 Å². The second kappa shape index (κ2) is 8.12. The summed E-state index contributed by atoms with van der Waals surface area (Å²) in [7, 11) is 2.74. The predicted octanol–water partition coefficient (Wildman–Crippen LogP) is 2.95. The van der Waals surface area contributed by atoms with Gasteiger partial charge in [-0.1, -0.05) is 28.1 Å². The van der Waals surface area contributed by atoms with Crippen LogP contribution in [0.2, 0.25) is 0 Å². The van der Waals surface area contributed by atoms with Crippen LogP contribution < -0.4 is 5.43 Å². The number of hydrogen-bond donors (Lipinski definition) is 1. The minimum absolute atomic E-state index is 0.0160. The number of aromatic hydroxyl groups is 1. The lowest BCUT2D eigenvalue weighted by atomic mass is 9.92. The third-order valence-electron chi connectivity index (χ3n) is 3.47. The molecule has 0 spiro atoms. The molecule has 0 saturated heterocycles. The first-order valence-corrected chi connectivity index (χ1v) is 7.92. The van der Waals surface area contributed by atoms with Crippen molar-refractivity contribution in [3.8, 4) is 5.75 Å². The average molecular weight is 397 g/mol. The highest BCUT2D eigenvalue weighted by Crippen LogP contribution is 2.34. The largest absolute Gasteiger partial charge is 0.502 e. The Labute approximate surface area is 147 Å². The quantitative estimate of drug-likeness (QED) is 0.755. The van der Waals surface area contributed by atoms with Crippen molar-refractivity contribution >= 4 is 21.9 Å². The van der Waals surface area contributed by atoms with E-state index in [-0.39, 0.29) is 24.5 Å². The van der Waals surface area contributed by atoms with Crippen LogP contribution in [0.4, 0.5) is 0 Å². The summed E-state index contributed by atoms with van der Waals surface area (Å²) >= 11 is 3.34. The number of carbonyl (C=O) groups excluding carboxylic acids is 1. The predicted molar refractivity (Wildman–Crippen MR) is 90.0 cm³/mol. The van der Waals surface area contributed by atoms with E-state index in [1.54, 1.807) is 24.3 Å². The van der Waals surface area contributed by atoms with Crippen LogP contribution in [-0.2, 0) is 20.9 Å². The number of ether oxygens (including phenoxy) is 2. The third-order valence-corrected chi connectivity index (χ3v) is 4.00. The molecule has 1 heterocycles. The van der Waals surface area contributed by atoms with E-state index in [2.05, 4.69) is 15.9 Å². The molecule has 1 aromatic carbocycles. The van der Waals surface area contributed by atoms with Crippen molar-refractivity contribution in [1.29, 1.82) is 0 Å². The lowest BCUT2D eigenvalue weighted by molar-refractivity contribution is -0.140. The summed E-state index contributed by atoms with van der Waals surface area (Å²) in [6.45, 7) is 0.0772. The number of esters is 1. The summed E-state index contributed by atoms with van der Waals surface area (Å²) in [6.07, 6.45) is -0.0783. The number of carbonyl (C=O) groups is 1. The molecule has 0 aliphatic rings. The van der Waals surface area contributed by atoms with Gasteiger partial charge in [0.05, 0.1) is 19.4 Å². The molecule has 2 rings (SSSR count). The smallest absolute Gasteiger partial charge is 0.306 e. The number of benzene rings is 1. The Hall–Kier alpha value is -2.12. The Kier molecular flexibility index (Phi) is 6.16. The van der Waals surface area contributed by atoms with E-state index in [0.717, 1.165) is 4.47 Å². The first-order valence-electron chi connectivity index (χ1n) is 7.13. The summed E-state index contributed by atoms with van der Waals surface area (Å²) in [5, 5.41) is 10.2. The van der Waals surface area contributed by atoms with Gasteiger partial charge in [0.15, 0.2) is 5.76 Å². The highest BCUT2D eigenvalue weighted by Gasteiger charge is 2.26. The van der Waals surface area contributed by atoms with E-state index >= 15 is 0 Å². The molecule has 0 amide bonds. The van der Waals surface area contributed by atoms with Gasteiger partial charge in [0.2, 0.25) is 11.2 Å². The van der Waals surface area contributed by atoms with E-state index in [0.29, 0.717) is 5.56 Å². The standard InChI is InChI=1S/C17H17BrO6/c1-22-9-12-7-14(19)16(21)17(24-12)13(8-15(20)23-2)10-3-5-11(18)6-4-10/h3-7,13,21H,8-9H2,1-2H3. The van der Waals surface area contributed by atoms with E-state index in [9.17, 15) is 14.7 Å². The third kappa shape index (κ3) is 4.24. The van der Waals surface area contributed by atoms with Gasteiger partial charge in [0.1, 0.15) is 12.4 Å². The van der Waals surface area contributed by atoms with Gasteiger partial charge < -0.3 is 19.0 Å². The molecule has 0 radical (unpaired) electrons. The molecule has 6 nitrogen and oxygen atoms in total. The Morgan fingerprint density at radius 2 is 1.96 bits per heavy atom. The maximum atomic E-state index is 12.0. The fourth-order valence-electron chi connectivity index (χ4n) is 2.31. The SMILES string of the molecule is COCc1cc(=O)c(O)c(C(CC(=O)OC)c2ccc(Br)cc2)o1. The summed E-state index contributed by atoms with van der Waals surface area (Å²) in [6, 6.07) is 8.32. The summed E-state index contributed by atoms with van der Waals surface area (Å²) in [5.41, 5.74) is 0.117. The number of rotatable bonds is 6. The minimum Gasteiger partial charge on any atom is -0.502 e. The van der Waals surface area contributed by atoms with Crippen LogP contribution in [0, 0.1) is 0 Å². The Balaban J connectivity index is 2.56. The highest BCUT2D eigenvalue weighted by atomic mass is 79.9. The molecule has 7 heteroatoms.